The first-order valence-corrected chi connectivity index (χ1v) is 10.8. The molecule has 0 aromatic heterocycles. The Balaban J connectivity index is 1.81. The van der Waals surface area contributed by atoms with Gasteiger partial charge in [0.1, 0.15) is 4.90 Å². The van der Waals surface area contributed by atoms with Gasteiger partial charge in [0.25, 0.3) is 0 Å². The summed E-state index contributed by atoms with van der Waals surface area (Å²) in [5.74, 6) is 0.747. The molecule has 1 fully saturated rings. The summed E-state index contributed by atoms with van der Waals surface area (Å²) in [6, 6.07) is 14.7. The first-order chi connectivity index (χ1) is 11.5. The van der Waals surface area contributed by atoms with Crippen LogP contribution in [-0.4, -0.2) is 31.6 Å². The summed E-state index contributed by atoms with van der Waals surface area (Å²) in [6.07, 6.45) is 0.770. The van der Waals surface area contributed by atoms with Gasteiger partial charge in [0, 0.05) is 29.1 Å². The van der Waals surface area contributed by atoms with E-state index < -0.39 is 10.0 Å². The molecule has 1 aliphatic heterocycles. The smallest absolute Gasteiger partial charge is 0.207 e. The van der Waals surface area contributed by atoms with Crippen molar-refractivity contribution >= 4 is 45.0 Å². The van der Waals surface area contributed by atoms with E-state index in [2.05, 4.69) is 12.1 Å². The van der Waals surface area contributed by atoms with Gasteiger partial charge in [0.05, 0.1) is 5.02 Å². The van der Waals surface area contributed by atoms with Gasteiger partial charge in [-0.2, -0.15) is 16.1 Å². The van der Waals surface area contributed by atoms with Gasteiger partial charge in [-0.05, 0) is 30.2 Å². The number of sulfonamides is 1. The minimum Gasteiger partial charge on any atom is -0.207 e. The Hall–Kier alpha value is -0.720. The third-order valence-corrected chi connectivity index (χ3v) is 7.93. The summed E-state index contributed by atoms with van der Waals surface area (Å²) in [4.78, 5) is 0.0832. The van der Waals surface area contributed by atoms with Crippen molar-refractivity contribution in [3.63, 3.8) is 0 Å². The Bertz CT molecular complexity index is 813. The molecule has 0 radical (unpaired) electrons. The van der Waals surface area contributed by atoms with E-state index in [1.165, 1.54) is 22.0 Å². The average Bonchev–Trinajstić information content (AvgIpc) is 2.84. The number of rotatable bonds is 3. The van der Waals surface area contributed by atoms with Gasteiger partial charge in [0.2, 0.25) is 10.0 Å². The summed E-state index contributed by atoms with van der Waals surface area (Å²) in [6.45, 7) is 0.941. The molecule has 0 spiro atoms. The molecule has 0 N–H and O–H groups in total. The van der Waals surface area contributed by atoms with E-state index in [0.717, 1.165) is 12.2 Å². The van der Waals surface area contributed by atoms with E-state index >= 15 is 0 Å². The highest BCUT2D eigenvalue weighted by Gasteiger charge is 2.30. The standard InChI is InChI=1S/C17H17Cl2NO2S2/c18-14-6-7-15(19)17(12-14)24(21,22)20-9-8-16(23-11-10-20)13-4-2-1-3-5-13/h1-7,12,16H,8-11H2. The maximum atomic E-state index is 12.9. The van der Waals surface area contributed by atoms with Crippen molar-refractivity contribution in [1.82, 2.24) is 4.31 Å². The van der Waals surface area contributed by atoms with Gasteiger partial charge in [0.15, 0.2) is 0 Å². The second-order valence-electron chi connectivity index (χ2n) is 5.54. The summed E-state index contributed by atoms with van der Waals surface area (Å²) >= 11 is 13.8. The van der Waals surface area contributed by atoms with Crippen molar-refractivity contribution in [1.29, 1.82) is 0 Å². The average molecular weight is 402 g/mol. The third-order valence-electron chi connectivity index (χ3n) is 3.98. The Kier molecular flexibility index (Phi) is 5.78. The van der Waals surface area contributed by atoms with Crippen LogP contribution in [0, 0.1) is 0 Å². The van der Waals surface area contributed by atoms with E-state index in [9.17, 15) is 8.42 Å². The molecular formula is C17H17Cl2NO2S2. The zero-order valence-corrected chi connectivity index (χ0v) is 16.0. The molecular weight excluding hydrogens is 385 g/mol. The Morgan fingerprint density at radius 2 is 1.79 bits per heavy atom. The molecule has 1 heterocycles. The molecule has 1 unspecified atom stereocenters. The molecule has 7 heteroatoms. The van der Waals surface area contributed by atoms with Crippen molar-refractivity contribution in [2.75, 3.05) is 18.8 Å². The number of thioether (sulfide) groups is 1. The van der Waals surface area contributed by atoms with E-state index in [1.807, 2.05) is 18.2 Å². The summed E-state index contributed by atoms with van der Waals surface area (Å²) in [5, 5.41) is 0.876. The number of halogens is 2. The van der Waals surface area contributed by atoms with Crippen LogP contribution < -0.4 is 0 Å². The second-order valence-corrected chi connectivity index (χ2v) is 9.60. The second kappa shape index (κ2) is 7.67. The lowest BCUT2D eigenvalue weighted by atomic mass is 10.1. The minimum atomic E-state index is -3.64. The van der Waals surface area contributed by atoms with Crippen LogP contribution in [0.4, 0.5) is 0 Å². The summed E-state index contributed by atoms with van der Waals surface area (Å²) in [7, 11) is -3.64. The lowest BCUT2D eigenvalue weighted by Crippen LogP contribution is -2.33. The first-order valence-electron chi connectivity index (χ1n) is 7.60. The van der Waals surface area contributed by atoms with Crippen LogP contribution >= 0.6 is 35.0 Å². The highest BCUT2D eigenvalue weighted by molar-refractivity contribution is 7.99. The number of hydrogen-bond acceptors (Lipinski definition) is 3. The third kappa shape index (κ3) is 3.92. The molecule has 1 aliphatic rings. The molecule has 0 saturated carbocycles. The predicted octanol–water partition coefficient (Wildman–Crippen LogP) is 4.86. The van der Waals surface area contributed by atoms with Crippen LogP contribution in [0.25, 0.3) is 0 Å². The van der Waals surface area contributed by atoms with Gasteiger partial charge in [-0.15, -0.1) is 0 Å². The van der Waals surface area contributed by atoms with Crippen LogP contribution in [0.2, 0.25) is 10.0 Å². The Morgan fingerprint density at radius 1 is 1.04 bits per heavy atom. The number of nitrogens with zero attached hydrogens (tertiary/aromatic N) is 1. The summed E-state index contributed by atoms with van der Waals surface area (Å²) in [5.41, 5.74) is 1.24. The molecule has 3 nitrogen and oxygen atoms in total. The lowest BCUT2D eigenvalue weighted by Gasteiger charge is -2.20. The highest BCUT2D eigenvalue weighted by Crippen LogP contribution is 2.36. The normalized spacial score (nSPS) is 19.8. The SMILES string of the molecule is O=S(=O)(c1cc(Cl)ccc1Cl)N1CCSC(c2ccccc2)CC1. The molecule has 2 aromatic carbocycles. The monoisotopic (exact) mass is 401 g/mol. The van der Waals surface area contributed by atoms with Gasteiger partial charge < -0.3 is 0 Å². The molecule has 3 rings (SSSR count). The molecule has 0 bridgehead atoms. The van der Waals surface area contributed by atoms with E-state index in [-0.39, 0.29) is 9.92 Å². The fourth-order valence-corrected chi connectivity index (χ4v) is 6.28. The molecule has 0 amide bonds. The molecule has 2 aromatic rings. The molecule has 128 valence electrons. The van der Waals surface area contributed by atoms with Gasteiger partial charge in [-0.25, -0.2) is 8.42 Å². The Labute approximate surface area is 157 Å². The van der Waals surface area contributed by atoms with E-state index in [4.69, 9.17) is 23.2 Å². The van der Waals surface area contributed by atoms with Crippen molar-refractivity contribution in [2.45, 2.75) is 16.6 Å². The number of benzene rings is 2. The van der Waals surface area contributed by atoms with Crippen molar-refractivity contribution in [2.24, 2.45) is 0 Å². The van der Waals surface area contributed by atoms with Crippen LogP contribution in [0.15, 0.2) is 53.4 Å². The van der Waals surface area contributed by atoms with Crippen LogP contribution in [-0.2, 0) is 10.0 Å². The van der Waals surface area contributed by atoms with Gasteiger partial charge in [-0.1, -0.05) is 53.5 Å². The van der Waals surface area contributed by atoms with Gasteiger partial charge in [-0.3, -0.25) is 0 Å². The first kappa shape index (κ1) is 18.1. The van der Waals surface area contributed by atoms with Crippen molar-refractivity contribution in [3.8, 4) is 0 Å². The minimum absolute atomic E-state index is 0.0832. The topological polar surface area (TPSA) is 37.4 Å². The maximum absolute atomic E-state index is 12.9. The largest absolute Gasteiger partial charge is 0.244 e. The number of hydrogen-bond donors (Lipinski definition) is 0. The highest BCUT2D eigenvalue weighted by atomic mass is 35.5. The molecule has 1 atom stereocenters. The van der Waals surface area contributed by atoms with E-state index in [0.29, 0.717) is 23.4 Å². The predicted molar refractivity (Wildman–Crippen MR) is 101 cm³/mol. The van der Waals surface area contributed by atoms with Crippen LogP contribution in [0.3, 0.4) is 0 Å². The van der Waals surface area contributed by atoms with Crippen molar-refractivity contribution < 1.29 is 8.42 Å². The van der Waals surface area contributed by atoms with Gasteiger partial charge >= 0.3 is 0 Å². The summed E-state index contributed by atoms with van der Waals surface area (Å²) < 4.78 is 27.4. The fourth-order valence-electron chi connectivity index (χ4n) is 2.74. The fraction of sp³-hybridized carbons (Fsp3) is 0.294. The van der Waals surface area contributed by atoms with Crippen LogP contribution in [0.5, 0.6) is 0 Å². The lowest BCUT2D eigenvalue weighted by molar-refractivity contribution is 0.428. The molecule has 0 aliphatic carbocycles. The molecule has 24 heavy (non-hydrogen) atoms. The zero-order chi connectivity index (χ0) is 17.2. The Morgan fingerprint density at radius 3 is 2.54 bits per heavy atom. The maximum Gasteiger partial charge on any atom is 0.244 e. The zero-order valence-electron chi connectivity index (χ0n) is 12.9. The van der Waals surface area contributed by atoms with Crippen LogP contribution in [0.1, 0.15) is 17.2 Å². The van der Waals surface area contributed by atoms with E-state index in [1.54, 1.807) is 17.8 Å². The molecule has 1 saturated heterocycles. The quantitative estimate of drug-likeness (QED) is 0.736. The van der Waals surface area contributed by atoms with Crippen molar-refractivity contribution in [3.05, 3.63) is 64.1 Å².